The molecule has 0 amide bonds. The second-order valence-electron chi connectivity index (χ2n) is 6.45. The highest BCUT2D eigenvalue weighted by molar-refractivity contribution is 7.88. The van der Waals surface area contributed by atoms with E-state index in [1.165, 1.54) is 11.9 Å². The van der Waals surface area contributed by atoms with Crippen molar-refractivity contribution in [1.29, 1.82) is 0 Å². The maximum atomic E-state index is 11.3. The predicted molar refractivity (Wildman–Crippen MR) is 90.8 cm³/mol. The molecule has 3 rings (SSSR count). The van der Waals surface area contributed by atoms with Gasteiger partial charge in [-0.15, -0.1) is 0 Å². The van der Waals surface area contributed by atoms with E-state index in [9.17, 15) is 8.42 Å². The molecule has 1 N–H and O–H groups in total. The van der Waals surface area contributed by atoms with E-state index in [1.807, 2.05) is 35.6 Å². The Morgan fingerprint density at radius 1 is 1.42 bits per heavy atom. The second-order valence-corrected chi connectivity index (χ2v) is 8.28. The highest BCUT2D eigenvalue weighted by Crippen LogP contribution is 2.24. The summed E-state index contributed by atoms with van der Waals surface area (Å²) in [6.45, 7) is 4.90. The van der Waals surface area contributed by atoms with E-state index in [0.717, 1.165) is 31.0 Å². The van der Waals surface area contributed by atoms with Crippen LogP contribution >= 0.6 is 0 Å². The van der Waals surface area contributed by atoms with Crippen LogP contribution in [0.5, 0.6) is 0 Å². The van der Waals surface area contributed by atoms with Gasteiger partial charge < -0.3 is 0 Å². The lowest BCUT2D eigenvalue weighted by atomic mass is 10.1. The van der Waals surface area contributed by atoms with Crippen LogP contribution in [0.3, 0.4) is 0 Å². The number of sulfonamides is 1. The Bertz CT molecular complexity index is 810. The normalized spacial score (nSPS) is 18.7. The van der Waals surface area contributed by atoms with Gasteiger partial charge in [-0.25, -0.2) is 13.1 Å². The Kier molecular flexibility index (Phi) is 4.75. The summed E-state index contributed by atoms with van der Waals surface area (Å²) in [6.07, 6.45) is 3.71. The minimum Gasteiger partial charge on any atom is -0.290 e. The van der Waals surface area contributed by atoms with E-state index in [1.54, 1.807) is 0 Å². The third-order valence-corrected chi connectivity index (χ3v) is 5.01. The summed E-state index contributed by atoms with van der Waals surface area (Å²) in [4.78, 5) is 2.36. The molecule has 1 atom stereocenters. The molecule has 0 aromatic carbocycles. The van der Waals surface area contributed by atoms with Gasteiger partial charge in [-0.2, -0.15) is 10.2 Å². The summed E-state index contributed by atoms with van der Waals surface area (Å²) in [5, 5.41) is 8.81. The van der Waals surface area contributed by atoms with E-state index < -0.39 is 10.0 Å². The van der Waals surface area contributed by atoms with Crippen LogP contribution in [0.4, 0.5) is 0 Å². The molecule has 0 radical (unpaired) electrons. The van der Waals surface area contributed by atoms with Gasteiger partial charge in [0, 0.05) is 39.4 Å². The van der Waals surface area contributed by atoms with E-state index in [2.05, 4.69) is 25.9 Å². The number of nitrogens with one attached hydrogen (secondary N) is 1. The first kappa shape index (κ1) is 17.1. The van der Waals surface area contributed by atoms with Crippen molar-refractivity contribution in [1.82, 2.24) is 29.2 Å². The number of aryl methyl sites for hydroxylation is 2. The lowest BCUT2D eigenvalue weighted by Gasteiger charge is -2.33. The lowest BCUT2D eigenvalue weighted by molar-refractivity contribution is 0.158. The Labute approximate surface area is 142 Å². The molecule has 2 aromatic heterocycles. The van der Waals surface area contributed by atoms with Crippen molar-refractivity contribution in [2.24, 2.45) is 7.05 Å². The van der Waals surface area contributed by atoms with Gasteiger partial charge in [-0.3, -0.25) is 14.3 Å². The topological polar surface area (TPSA) is 85.0 Å². The predicted octanol–water partition coefficient (Wildman–Crippen LogP) is 0.421. The van der Waals surface area contributed by atoms with Crippen LogP contribution in [0.25, 0.3) is 0 Å². The Morgan fingerprint density at radius 2 is 2.21 bits per heavy atom. The van der Waals surface area contributed by atoms with Crippen molar-refractivity contribution in [3.8, 4) is 0 Å². The van der Waals surface area contributed by atoms with Crippen molar-refractivity contribution in [3.63, 3.8) is 0 Å². The van der Waals surface area contributed by atoms with Crippen LogP contribution < -0.4 is 4.72 Å². The number of hydrogen-bond donors (Lipinski definition) is 1. The average molecular weight is 352 g/mol. The van der Waals surface area contributed by atoms with E-state index in [0.29, 0.717) is 13.0 Å². The zero-order valence-corrected chi connectivity index (χ0v) is 15.1. The van der Waals surface area contributed by atoms with Crippen LogP contribution in [-0.4, -0.2) is 52.2 Å². The molecule has 0 unspecified atom stereocenters. The molecule has 0 aliphatic carbocycles. The maximum Gasteiger partial charge on any atom is 0.208 e. The molecule has 0 bridgehead atoms. The molecule has 3 heterocycles. The Balaban J connectivity index is 1.70. The van der Waals surface area contributed by atoms with Crippen LogP contribution in [0, 0.1) is 6.92 Å². The summed E-state index contributed by atoms with van der Waals surface area (Å²) in [7, 11) is -1.20. The summed E-state index contributed by atoms with van der Waals surface area (Å²) in [5.41, 5.74) is 3.35. The summed E-state index contributed by atoms with van der Waals surface area (Å²) in [5.74, 6) is 0. The van der Waals surface area contributed by atoms with Gasteiger partial charge in [0.1, 0.15) is 0 Å². The molecule has 24 heavy (non-hydrogen) atoms. The van der Waals surface area contributed by atoms with Gasteiger partial charge in [0.05, 0.1) is 29.4 Å². The number of rotatable bonds is 6. The molecule has 132 valence electrons. The first-order chi connectivity index (χ1) is 11.3. The van der Waals surface area contributed by atoms with Gasteiger partial charge >= 0.3 is 0 Å². The molecular formula is C15H24N6O2S. The number of fused-ring (bicyclic) bond motifs is 1. The number of hydrogen-bond acceptors (Lipinski definition) is 5. The molecule has 0 spiro atoms. The molecule has 8 nitrogen and oxygen atoms in total. The van der Waals surface area contributed by atoms with Crippen molar-refractivity contribution in [3.05, 3.63) is 35.4 Å². The number of nitrogens with zero attached hydrogens (tertiary/aromatic N) is 5. The fourth-order valence-corrected chi connectivity index (χ4v) is 3.74. The molecular weight excluding hydrogens is 328 g/mol. The monoisotopic (exact) mass is 352 g/mol. The first-order valence-electron chi connectivity index (χ1n) is 8.01. The quantitative estimate of drug-likeness (QED) is 0.814. The van der Waals surface area contributed by atoms with Gasteiger partial charge in [-0.1, -0.05) is 0 Å². The average Bonchev–Trinajstić information content (AvgIpc) is 3.04. The van der Waals surface area contributed by atoms with Gasteiger partial charge in [0.25, 0.3) is 0 Å². The van der Waals surface area contributed by atoms with Gasteiger partial charge in [0.2, 0.25) is 10.0 Å². The molecule has 1 aliphatic heterocycles. The summed E-state index contributed by atoms with van der Waals surface area (Å²) >= 11 is 0. The Hall–Kier alpha value is -1.71. The molecule has 2 aromatic rings. The van der Waals surface area contributed by atoms with Crippen LogP contribution in [-0.2, 0) is 30.2 Å². The molecule has 1 aliphatic rings. The molecule has 9 heteroatoms. The second kappa shape index (κ2) is 6.66. The smallest absolute Gasteiger partial charge is 0.208 e. The van der Waals surface area contributed by atoms with Crippen LogP contribution in [0.1, 0.15) is 29.5 Å². The van der Waals surface area contributed by atoms with Crippen molar-refractivity contribution >= 4 is 10.0 Å². The fraction of sp³-hybridized carbons (Fsp3) is 0.600. The summed E-state index contributed by atoms with van der Waals surface area (Å²) < 4.78 is 29.0. The maximum absolute atomic E-state index is 11.3. The minimum atomic E-state index is -3.16. The fourth-order valence-electron chi connectivity index (χ4n) is 3.25. The SMILES string of the molecule is Cc1cc(CN2Cc3ccnn3[C@@H](CCNS(C)(=O)=O)C2)n(C)n1. The summed E-state index contributed by atoms with van der Waals surface area (Å²) in [6, 6.07) is 4.29. The zero-order chi connectivity index (χ0) is 17.3. The molecule has 0 fully saturated rings. The third-order valence-electron chi connectivity index (χ3n) is 4.28. The van der Waals surface area contributed by atoms with Gasteiger partial charge in [0.15, 0.2) is 0 Å². The van der Waals surface area contributed by atoms with Crippen LogP contribution in [0.2, 0.25) is 0 Å². The zero-order valence-electron chi connectivity index (χ0n) is 14.3. The highest BCUT2D eigenvalue weighted by Gasteiger charge is 2.26. The third kappa shape index (κ3) is 4.03. The van der Waals surface area contributed by atoms with E-state index in [-0.39, 0.29) is 6.04 Å². The standard InChI is InChI=1S/C15H24N6O2S/c1-12-8-15(19(2)18-12)11-20-9-13-4-6-16-21(13)14(10-20)5-7-17-24(3,22)23/h4,6,8,14,17H,5,7,9-11H2,1-3H3/t14-/m0/s1. The number of aromatic nitrogens is 4. The van der Waals surface area contributed by atoms with E-state index >= 15 is 0 Å². The van der Waals surface area contributed by atoms with Crippen molar-refractivity contribution < 1.29 is 8.42 Å². The van der Waals surface area contributed by atoms with Crippen molar-refractivity contribution in [2.75, 3.05) is 19.3 Å². The molecule has 0 saturated carbocycles. The van der Waals surface area contributed by atoms with Crippen molar-refractivity contribution in [2.45, 2.75) is 32.5 Å². The first-order valence-corrected chi connectivity index (χ1v) is 9.90. The van der Waals surface area contributed by atoms with Gasteiger partial charge in [-0.05, 0) is 25.5 Å². The Morgan fingerprint density at radius 3 is 2.88 bits per heavy atom. The molecule has 0 saturated heterocycles. The van der Waals surface area contributed by atoms with Crippen LogP contribution in [0.15, 0.2) is 18.3 Å². The minimum absolute atomic E-state index is 0.160. The largest absolute Gasteiger partial charge is 0.290 e. The lowest BCUT2D eigenvalue weighted by Crippen LogP contribution is -2.39. The van der Waals surface area contributed by atoms with E-state index in [4.69, 9.17) is 0 Å². The highest BCUT2D eigenvalue weighted by atomic mass is 32.2.